The van der Waals surface area contributed by atoms with Crippen LogP contribution in [0.1, 0.15) is 25.8 Å². The molecule has 0 spiro atoms. The number of nitrogens with two attached hydrogens (primary N) is 1. The van der Waals surface area contributed by atoms with Gasteiger partial charge in [0, 0.05) is 6.04 Å². The molecule has 1 aromatic rings. The van der Waals surface area contributed by atoms with Crippen LogP contribution in [-0.4, -0.2) is 43.5 Å². The molecule has 104 valence electrons. The largest absolute Gasteiger partial charge is 0.481 e. The van der Waals surface area contributed by atoms with Gasteiger partial charge in [-0.05, 0) is 19.8 Å². The second-order valence-electron chi connectivity index (χ2n) is 4.35. The van der Waals surface area contributed by atoms with Crippen molar-refractivity contribution < 1.29 is 14.7 Å². The van der Waals surface area contributed by atoms with E-state index >= 15 is 0 Å². The molecule has 1 atom stereocenters. The van der Waals surface area contributed by atoms with E-state index in [0.29, 0.717) is 5.16 Å². The van der Waals surface area contributed by atoms with E-state index in [1.54, 1.807) is 6.92 Å². The van der Waals surface area contributed by atoms with E-state index < -0.39 is 12.0 Å². The van der Waals surface area contributed by atoms with Crippen molar-refractivity contribution in [2.45, 2.75) is 37.0 Å². The first-order chi connectivity index (χ1) is 8.99. The van der Waals surface area contributed by atoms with E-state index in [-0.39, 0.29) is 23.7 Å². The highest BCUT2D eigenvalue weighted by atomic mass is 32.2. The standard InChI is InChI=1S/C10H15N5O3S/c1-5(8(18)12-6-2-3-6)15-9(11)13-14-10(15)19-4-7(16)17/h5-6H,2-4H2,1H3,(H2,11,13)(H,12,18)(H,16,17). The Labute approximate surface area is 113 Å². The van der Waals surface area contributed by atoms with Crippen molar-refractivity contribution in [3.05, 3.63) is 0 Å². The van der Waals surface area contributed by atoms with Crippen molar-refractivity contribution in [2.24, 2.45) is 0 Å². The summed E-state index contributed by atoms with van der Waals surface area (Å²) in [5, 5.41) is 19.3. The maximum Gasteiger partial charge on any atom is 0.313 e. The van der Waals surface area contributed by atoms with Gasteiger partial charge in [0.2, 0.25) is 11.9 Å². The molecule has 4 N–H and O–H groups in total. The zero-order valence-corrected chi connectivity index (χ0v) is 11.2. The zero-order valence-electron chi connectivity index (χ0n) is 10.4. The topological polar surface area (TPSA) is 123 Å². The number of aromatic nitrogens is 3. The summed E-state index contributed by atoms with van der Waals surface area (Å²) in [6, 6.07) is -0.310. The first kappa shape index (κ1) is 13.7. The van der Waals surface area contributed by atoms with Gasteiger partial charge in [-0.25, -0.2) is 0 Å². The van der Waals surface area contributed by atoms with Gasteiger partial charge in [-0.3, -0.25) is 14.2 Å². The summed E-state index contributed by atoms with van der Waals surface area (Å²) in [4.78, 5) is 22.5. The lowest BCUT2D eigenvalue weighted by molar-refractivity contribution is -0.134. The Balaban J connectivity index is 2.09. The minimum absolute atomic E-state index is 0.103. The Morgan fingerprint density at radius 2 is 2.26 bits per heavy atom. The van der Waals surface area contributed by atoms with Crippen molar-refractivity contribution in [1.82, 2.24) is 20.1 Å². The fourth-order valence-corrected chi connectivity index (χ4v) is 2.29. The summed E-state index contributed by atoms with van der Waals surface area (Å²) in [6.45, 7) is 1.68. The molecular formula is C10H15N5O3S. The number of nitrogen functional groups attached to an aromatic ring is 1. The number of amides is 1. The molecule has 0 aromatic carbocycles. The third-order valence-electron chi connectivity index (χ3n) is 2.71. The number of rotatable bonds is 6. The van der Waals surface area contributed by atoms with Crippen LogP contribution < -0.4 is 11.1 Å². The summed E-state index contributed by atoms with van der Waals surface area (Å²) in [6.07, 6.45) is 1.99. The molecule has 0 saturated heterocycles. The van der Waals surface area contributed by atoms with Crippen LogP contribution in [0, 0.1) is 0 Å². The van der Waals surface area contributed by atoms with Crippen LogP contribution in [0.3, 0.4) is 0 Å². The van der Waals surface area contributed by atoms with Gasteiger partial charge < -0.3 is 16.2 Å². The third-order valence-corrected chi connectivity index (χ3v) is 3.63. The molecule has 1 unspecified atom stereocenters. The number of aliphatic carboxylic acids is 1. The highest BCUT2D eigenvalue weighted by molar-refractivity contribution is 7.99. The molecule has 1 aliphatic rings. The molecule has 19 heavy (non-hydrogen) atoms. The average Bonchev–Trinajstić information content (AvgIpc) is 3.08. The van der Waals surface area contributed by atoms with Gasteiger partial charge >= 0.3 is 5.97 Å². The van der Waals surface area contributed by atoms with Crippen LogP contribution in [0.15, 0.2) is 5.16 Å². The highest BCUT2D eigenvalue weighted by Gasteiger charge is 2.28. The van der Waals surface area contributed by atoms with E-state index in [4.69, 9.17) is 10.8 Å². The predicted molar refractivity (Wildman–Crippen MR) is 68.7 cm³/mol. The van der Waals surface area contributed by atoms with Crippen LogP contribution in [0.4, 0.5) is 5.95 Å². The molecule has 2 rings (SSSR count). The average molecular weight is 285 g/mol. The molecule has 1 fully saturated rings. The van der Waals surface area contributed by atoms with E-state index in [1.807, 2.05) is 0 Å². The second kappa shape index (κ2) is 5.47. The van der Waals surface area contributed by atoms with Crippen LogP contribution in [0.2, 0.25) is 0 Å². The van der Waals surface area contributed by atoms with Gasteiger partial charge in [0.1, 0.15) is 6.04 Å². The normalized spacial score (nSPS) is 16.1. The second-order valence-corrected chi connectivity index (χ2v) is 5.29. The number of nitrogens with one attached hydrogen (secondary N) is 1. The summed E-state index contributed by atoms with van der Waals surface area (Å²) in [5.41, 5.74) is 5.68. The molecule has 0 bridgehead atoms. The predicted octanol–water partition coefficient (Wildman–Crippen LogP) is -0.123. The molecule has 1 aliphatic carbocycles. The summed E-state index contributed by atoms with van der Waals surface area (Å²) >= 11 is 0.986. The first-order valence-corrected chi connectivity index (χ1v) is 6.83. The summed E-state index contributed by atoms with van der Waals surface area (Å²) in [5.74, 6) is -1.18. The lowest BCUT2D eigenvalue weighted by atomic mass is 10.3. The number of hydrogen-bond acceptors (Lipinski definition) is 6. The molecular weight excluding hydrogens is 270 g/mol. The SMILES string of the molecule is CC(C(=O)NC1CC1)n1c(N)nnc1SCC(=O)O. The Morgan fingerprint density at radius 1 is 1.58 bits per heavy atom. The van der Waals surface area contributed by atoms with Crippen molar-refractivity contribution in [3.63, 3.8) is 0 Å². The van der Waals surface area contributed by atoms with Gasteiger partial charge in [-0.2, -0.15) is 0 Å². The monoisotopic (exact) mass is 285 g/mol. The molecule has 1 saturated carbocycles. The van der Waals surface area contributed by atoms with E-state index in [2.05, 4.69) is 15.5 Å². The Morgan fingerprint density at radius 3 is 2.84 bits per heavy atom. The molecule has 0 aliphatic heterocycles. The number of hydrogen-bond donors (Lipinski definition) is 3. The van der Waals surface area contributed by atoms with Crippen molar-refractivity contribution in [1.29, 1.82) is 0 Å². The van der Waals surface area contributed by atoms with Gasteiger partial charge in [0.05, 0.1) is 5.75 Å². The number of carbonyl (C=O) groups excluding carboxylic acids is 1. The number of anilines is 1. The number of thioether (sulfide) groups is 1. The molecule has 1 aromatic heterocycles. The fraction of sp³-hybridized carbons (Fsp3) is 0.600. The quantitative estimate of drug-likeness (QED) is 0.622. The molecule has 0 radical (unpaired) electrons. The Bertz CT molecular complexity index is 499. The smallest absolute Gasteiger partial charge is 0.313 e. The van der Waals surface area contributed by atoms with Gasteiger partial charge in [-0.15, -0.1) is 10.2 Å². The molecule has 9 heteroatoms. The number of nitrogens with zero attached hydrogens (tertiary/aromatic N) is 3. The van der Waals surface area contributed by atoms with Crippen LogP contribution in [0.25, 0.3) is 0 Å². The number of carbonyl (C=O) groups is 2. The molecule has 8 nitrogen and oxygen atoms in total. The van der Waals surface area contributed by atoms with Crippen molar-refractivity contribution >= 4 is 29.6 Å². The maximum absolute atomic E-state index is 12.0. The van der Waals surface area contributed by atoms with E-state index in [9.17, 15) is 9.59 Å². The fourth-order valence-electron chi connectivity index (χ4n) is 1.54. The van der Waals surface area contributed by atoms with Crippen molar-refractivity contribution in [3.8, 4) is 0 Å². The van der Waals surface area contributed by atoms with Crippen LogP contribution in [0.5, 0.6) is 0 Å². The molecule has 1 heterocycles. The third kappa shape index (κ3) is 3.37. The number of carboxylic acids is 1. The summed E-state index contributed by atoms with van der Waals surface area (Å²) in [7, 11) is 0. The Kier molecular flexibility index (Phi) is 3.93. The van der Waals surface area contributed by atoms with Crippen LogP contribution in [-0.2, 0) is 9.59 Å². The minimum atomic E-state index is -0.965. The number of carboxylic acid groups (broad SMARTS) is 1. The van der Waals surface area contributed by atoms with E-state index in [0.717, 1.165) is 24.6 Å². The van der Waals surface area contributed by atoms with E-state index in [1.165, 1.54) is 4.57 Å². The highest BCUT2D eigenvalue weighted by Crippen LogP contribution is 2.24. The Hall–Kier alpha value is -1.77. The maximum atomic E-state index is 12.0. The van der Waals surface area contributed by atoms with Crippen molar-refractivity contribution in [2.75, 3.05) is 11.5 Å². The zero-order chi connectivity index (χ0) is 14.0. The lowest BCUT2D eigenvalue weighted by Crippen LogP contribution is -2.33. The molecule has 1 amide bonds. The van der Waals surface area contributed by atoms with Gasteiger partial charge in [0.15, 0.2) is 5.16 Å². The first-order valence-electron chi connectivity index (χ1n) is 5.84. The minimum Gasteiger partial charge on any atom is -0.481 e. The lowest BCUT2D eigenvalue weighted by Gasteiger charge is -2.15. The summed E-state index contributed by atoms with van der Waals surface area (Å²) < 4.78 is 1.45. The van der Waals surface area contributed by atoms with Gasteiger partial charge in [-0.1, -0.05) is 11.8 Å². The van der Waals surface area contributed by atoms with Gasteiger partial charge in [0.25, 0.3) is 0 Å². The van der Waals surface area contributed by atoms with Crippen LogP contribution >= 0.6 is 11.8 Å².